The molecule has 52 heavy (non-hydrogen) atoms. The van der Waals surface area contributed by atoms with Gasteiger partial charge >= 0.3 is 11.9 Å². The van der Waals surface area contributed by atoms with Crippen molar-refractivity contribution in [3.63, 3.8) is 0 Å². The number of fused-ring (bicyclic) bond motifs is 7. The summed E-state index contributed by atoms with van der Waals surface area (Å²) in [5, 5.41) is 23.9. The van der Waals surface area contributed by atoms with Gasteiger partial charge in [0.1, 0.15) is 0 Å². The van der Waals surface area contributed by atoms with E-state index >= 15 is 0 Å². The zero-order valence-corrected chi connectivity index (χ0v) is 33.7. The summed E-state index contributed by atoms with van der Waals surface area (Å²) < 4.78 is 24.1. The molecule has 0 amide bonds. The van der Waals surface area contributed by atoms with Crippen LogP contribution in [0.1, 0.15) is 119 Å². The molecule has 6 aliphatic carbocycles. The Bertz CT molecular complexity index is 1650. The van der Waals surface area contributed by atoms with Crippen molar-refractivity contribution in [3.05, 3.63) is 35.5 Å². The zero-order valence-electron chi connectivity index (χ0n) is 32.9. The predicted octanol–water partition coefficient (Wildman–Crippen LogP) is 7.52. The first-order chi connectivity index (χ1) is 24.3. The number of carbonyl (C=O) groups is 2. The van der Waals surface area contributed by atoms with Crippen molar-refractivity contribution in [2.24, 2.45) is 56.7 Å². The van der Waals surface area contributed by atoms with E-state index in [0.717, 1.165) is 19.5 Å². The van der Waals surface area contributed by atoms with Gasteiger partial charge in [0.05, 0.1) is 11.5 Å². The van der Waals surface area contributed by atoms with E-state index in [4.69, 9.17) is 0 Å². The molecule has 9 atom stereocenters. The van der Waals surface area contributed by atoms with E-state index in [1.165, 1.54) is 68.1 Å². The van der Waals surface area contributed by atoms with Crippen LogP contribution in [0.25, 0.3) is 0 Å². The fraction of sp³-hybridized carbons (Fsp3) is 0.814. The number of sulfone groups is 1. The number of carboxylic acid groups (broad SMARTS) is 2. The zero-order chi connectivity index (χ0) is 37.7. The highest BCUT2D eigenvalue weighted by molar-refractivity contribution is 7.91. The van der Waals surface area contributed by atoms with Crippen LogP contribution in [-0.2, 0) is 19.4 Å². The molecule has 3 N–H and O–H groups in total. The SMILES string of the molecule is C=C(C)C1CCC2(NCCN3CCS(=O)(=O)CC3)CCC3(C)C(CCC4C5(C)CC=C(C6=CCC(C(=O)O)(C(=O)O)CC6)C(C)(C)C5CCC43C)C12. The van der Waals surface area contributed by atoms with Crippen molar-refractivity contribution in [1.29, 1.82) is 0 Å². The summed E-state index contributed by atoms with van der Waals surface area (Å²) >= 11 is 0. The normalized spacial score (nSPS) is 43.5. The predicted molar refractivity (Wildman–Crippen MR) is 205 cm³/mol. The van der Waals surface area contributed by atoms with E-state index in [2.05, 4.69) is 64.4 Å². The first-order valence-electron chi connectivity index (χ1n) is 20.5. The summed E-state index contributed by atoms with van der Waals surface area (Å²) in [4.78, 5) is 26.4. The number of allylic oxidation sites excluding steroid dienone is 5. The van der Waals surface area contributed by atoms with Crippen LogP contribution < -0.4 is 5.32 Å². The Kier molecular flexibility index (Phi) is 9.42. The summed E-state index contributed by atoms with van der Waals surface area (Å²) in [5.74, 6) is 0.982. The summed E-state index contributed by atoms with van der Waals surface area (Å²) in [5.41, 5.74) is 2.79. The van der Waals surface area contributed by atoms with Crippen LogP contribution in [0.4, 0.5) is 0 Å². The maximum absolute atomic E-state index is 12.1. The van der Waals surface area contributed by atoms with Crippen molar-refractivity contribution in [2.45, 2.75) is 124 Å². The van der Waals surface area contributed by atoms with E-state index < -0.39 is 27.2 Å². The van der Waals surface area contributed by atoms with E-state index in [-0.39, 0.29) is 51.5 Å². The molecule has 0 radical (unpaired) electrons. The van der Waals surface area contributed by atoms with Gasteiger partial charge in [-0.1, -0.05) is 58.9 Å². The average Bonchev–Trinajstić information content (AvgIpc) is 3.45. The third kappa shape index (κ3) is 5.58. The molecule has 1 aliphatic heterocycles. The first kappa shape index (κ1) is 38.3. The van der Waals surface area contributed by atoms with Gasteiger partial charge in [0.25, 0.3) is 0 Å². The van der Waals surface area contributed by atoms with Gasteiger partial charge in [-0.05, 0) is 146 Å². The second kappa shape index (κ2) is 12.8. The standard InChI is InChI=1S/C43H66N2O6S/c1-28(2)30-12-19-43(44-22-23-45-24-26-52(50,51)27-25-45)21-20-40(6)32(35(30)43)8-9-34-39(5)15-13-31(38(3,4)33(39)14-16-41(34,40)7)29-10-17-42(18-11-29,36(46)47)37(48)49/h10,13,30,32-35,44H,1,8-9,11-12,14-27H2,2-7H3,(H,46,47)(H,48,49). The Morgan fingerprint density at radius 1 is 0.865 bits per heavy atom. The molecule has 290 valence electrons. The number of nitrogens with one attached hydrogen (secondary N) is 1. The van der Waals surface area contributed by atoms with Gasteiger partial charge < -0.3 is 20.4 Å². The fourth-order valence-electron chi connectivity index (χ4n) is 14.6. The van der Waals surface area contributed by atoms with Crippen LogP contribution in [0.3, 0.4) is 0 Å². The maximum atomic E-state index is 12.1. The van der Waals surface area contributed by atoms with Crippen LogP contribution in [-0.4, -0.2) is 78.7 Å². The lowest BCUT2D eigenvalue weighted by Crippen LogP contribution is -2.68. The van der Waals surface area contributed by atoms with Crippen molar-refractivity contribution < 1.29 is 28.2 Å². The van der Waals surface area contributed by atoms with E-state index in [9.17, 15) is 28.2 Å². The second-order valence-electron chi connectivity index (χ2n) is 19.9. The number of nitrogens with zero attached hydrogens (tertiary/aromatic N) is 1. The molecular formula is C43H66N2O6S. The Morgan fingerprint density at radius 2 is 1.56 bits per heavy atom. The van der Waals surface area contributed by atoms with E-state index in [1.54, 1.807) is 0 Å². The smallest absolute Gasteiger partial charge is 0.321 e. The molecule has 8 nitrogen and oxygen atoms in total. The Balaban J connectivity index is 1.13. The van der Waals surface area contributed by atoms with Crippen LogP contribution in [0.15, 0.2) is 35.5 Å². The van der Waals surface area contributed by atoms with Crippen molar-refractivity contribution >= 4 is 21.8 Å². The lowest BCUT2D eigenvalue weighted by atomic mass is 9.33. The molecule has 1 heterocycles. The monoisotopic (exact) mass is 738 g/mol. The summed E-state index contributed by atoms with van der Waals surface area (Å²) in [7, 11) is -2.88. The largest absolute Gasteiger partial charge is 0.480 e. The fourth-order valence-corrected chi connectivity index (χ4v) is 15.9. The van der Waals surface area contributed by atoms with Gasteiger partial charge in [0.2, 0.25) is 0 Å². The molecule has 9 heteroatoms. The quantitative estimate of drug-likeness (QED) is 0.173. The minimum Gasteiger partial charge on any atom is -0.480 e. The number of hydrogen-bond acceptors (Lipinski definition) is 6. The third-order valence-electron chi connectivity index (χ3n) is 17.7. The molecule has 0 aromatic carbocycles. The van der Waals surface area contributed by atoms with E-state index in [0.29, 0.717) is 49.1 Å². The Labute approximate surface area is 313 Å². The lowest BCUT2D eigenvalue weighted by Gasteiger charge is -2.72. The summed E-state index contributed by atoms with van der Waals surface area (Å²) in [6.07, 6.45) is 15.9. The van der Waals surface area contributed by atoms with Crippen molar-refractivity contribution in [2.75, 3.05) is 37.7 Å². The van der Waals surface area contributed by atoms with Crippen molar-refractivity contribution in [3.8, 4) is 0 Å². The first-order valence-corrected chi connectivity index (χ1v) is 22.3. The lowest BCUT2D eigenvalue weighted by molar-refractivity contribution is -0.221. The van der Waals surface area contributed by atoms with E-state index in [1.807, 2.05) is 6.08 Å². The molecule has 0 aromatic rings. The molecule has 0 bridgehead atoms. The van der Waals surface area contributed by atoms with Gasteiger partial charge in [0.15, 0.2) is 15.3 Å². The Hall–Kier alpha value is -1.97. The highest BCUT2D eigenvalue weighted by Gasteiger charge is 2.70. The van der Waals surface area contributed by atoms with Gasteiger partial charge in [0, 0.05) is 31.7 Å². The van der Waals surface area contributed by atoms with Crippen LogP contribution in [0.5, 0.6) is 0 Å². The average molecular weight is 739 g/mol. The third-order valence-corrected chi connectivity index (χ3v) is 19.3. The molecule has 5 fully saturated rings. The van der Waals surface area contributed by atoms with Gasteiger partial charge in [-0.25, -0.2) is 8.42 Å². The molecule has 7 rings (SSSR count). The number of hydrogen-bond donors (Lipinski definition) is 3. The highest BCUT2D eigenvalue weighted by Crippen LogP contribution is 2.76. The topological polar surface area (TPSA) is 124 Å². The molecule has 4 saturated carbocycles. The van der Waals surface area contributed by atoms with Gasteiger partial charge in [-0.15, -0.1) is 0 Å². The molecule has 9 unspecified atom stereocenters. The molecule has 0 spiro atoms. The number of rotatable bonds is 8. The van der Waals surface area contributed by atoms with Crippen LogP contribution in [0, 0.1) is 56.7 Å². The number of carboxylic acids is 2. The van der Waals surface area contributed by atoms with Crippen molar-refractivity contribution in [1.82, 2.24) is 10.2 Å². The summed E-state index contributed by atoms with van der Waals surface area (Å²) in [6.45, 7) is 22.7. The molecule has 0 aromatic heterocycles. The summed E-state index contributed by atoms with van der Waals surface area (Å²) in [6, 6.07) is 0. The number of aliphatic carboxylic acids is 2. The van der Waals surface area contributed by atoms with Crippen LogP contribution >= 0.6 is 0 Å². The maximum Gasteiger partial charge on any atom is 0.321 e. The Morgan fingerprint density at radius 3 is 2.17 bits per heavy atom. The molecule has 1 saturated heterocycles. The second-order valence-corrected chi connectivity index (χ2v) is 22.2. The highest BCUT2D eigenvalue weighted by atomic mass is 32.2. The molecule has 7 aliphatic rings. The van der Waals surface area contributed by atoms with Gasteiger partial charge in [-0.2, -0.15) is 0 Å². The minimum atomic E-state index is -2.88. The molecular weight excluding hydrogens is 673 g/mol. The van der Waals surface area contributed by atoms with Gasteiger partial charge in [-0.3, -0.25) is 9.59 Å². The van der Waals surface area contributed by atoms with Crippen LogP contribution in [0.2, 0.25) is 0 Å². The minimum absolute atomic E-state index is 0.0497.